The van der Waals surface area contributed by atoms with E-state index >= 15 is 0 Å². The molecule has 0 atom stereocenters. The highest BCUT2D eigenvalue weighted by Crippen LogP contribution is 2.36. The van der Waals surface area contributed by atoms with Gasteiger partial charge in [0.25, 0.3) is 0 Å². The van der Waals surface area contributed by atoms with Crippen LogP contribution in [-0.4, -0.2) is 0 Å². The minimum Gasteiger partial charge on any atom is -0.198 e. The van der Waals surface area contributed by atoms with E-state index in [0.29, 0.717) is 11.4 Å². The lowest BCUT2D eigenvalue weighted by Crippen LogP contribution is -1.79. The average molecular weight is 287 g/mol. The molecule has 0 radical (unpaired) electrons. The van der Waals surface area contributed by atoms with E-state index in [0.717, 1.165) is 20.1 Å². The van der Waals surface area contributed by atoms with Crippen molar-refractivity contribution in [2.45, 2.75) is 6.42 Å². The van der Waals surface area contributed by atoms with Gasteiger partial charge in [0.05, 0.1) is 17.5 Å². The third kappa shape index (κ3) is 1.54. The van der Waals surface area contributed by atoms with Crippen molar-refractivity contribution in [3.05, 3.63) is 32.6 Å². The first-order valence-electron chi connectivity index (χ1n) is 3.95. The Kier molecular flexibility index (Phi) is 2.78. The monoisotopic (exact) mass is 285 g/mol. The van der Waals surface area contributed by atoms with Crippen LogP contribution in [0.5, 0.6) is 0 Å². The number of fused-ring (bicyclic) bond motifs is 1. The molecule has 0 fully saturated rings. The van der Waals surface area contributed by atoms with Gasteiger partial charge in [-0.2, -0.15) is 5.26 Å². The molecule has 1 nitrogen and oxygen atoms in total. The predicted octanol–water partition coefficient (Wildman–Crippen LogP) is 4.38. The van der Waals surface area contributed by atoms with Gasteiger partial charge in [0.2, 0.25) is 0 Å². The van der Waals surface area contributed by atoms with Crippen LogP contribution in [0, 0.1) is 11.3 Å². The molecule has 14 heavy (non-hydrogen) atoms. The minimum absolute atomic E-state index is 0.430. The molecule has 0 N–H and O–H groups in total. The zero-order valence-corrected chi connectivity index (χ0v) is 10.2. The first-order chi connectivity index (χ1) is 6.74. The second kappa shape index (κ2) is 3.90. The van der Waals surface area contributed by atoms with E-state index in [1.807, 2.05) is 17.5 Å². The van der Waals surface area contributed by atoms with E-state index in [-0.39, 0.29) is 0 Å². The van der Waals surface area contributed by atoms with E-state index in [2.05, 4.69) is 22.0 Å². The summed E-state index contributed by atoms with van der Waals surface area (Å²) in [7, 11) is 0. The molecule has 70 valence electrons. The lowest BCUT2D eigenvalue weighted by Gasteiger charge is -1.99. The smallest absolute Gasteiger partial charge is 0.0670 e. The number of rotatable bonds is 1. The van der Waals surface area contributed by atoms with Crippen LogP contribution < -0.4 is 0 Å². The molecule has 0 aliphatic heterocycles. The first-order valence-corrected chi connectivity index (χ1v) is 6.00. The maximum Gasteiger partial charge on any atom is 0.0670 e. The Morgan fingerprint density at radius 3 is 3.00 bits per heavy atom. The molecule has 0 saturated carbocycles. The SMILES string of the molecule is N#CCc1csc2ccc(Cl)c(Br)c12. The van der Waals surface area contributed by atoms with Crippen molar-refractivity contribution < 1.29 is 0 Å². The molecule has 0 aliphatic rings. The quantitative estimate of drug-likeness (QED) is 0.763. The van der Waals surface area contributed by atoms with Gasteiger partial charge in [-0.15, -0.1) is 11.3 Å². The summed E-state index contributed by atoms with van der Waals surface area (Å²) in [6.45, 7) is 0. The van der Waals surface area contributed by atoms with E-state index in [9.17, 15) is 0 Å². The summed E-state index contributed by atoms with van der Waals surface area (Å²) in [4.78, 5) is 0. The highest BCUT2D eigenvalue weighted by molar-refractivity contribution is 9.10. The zero-order chi connectivity index (χ0) is 10.1. The zero-order valence-electron chi connectivity index (χ0n) is 7.05. The molecule has 0 aliphatic carbocycles. The van der Waals surface area contributed by atoms with Gasteiger partial charge in [0.15, 0.2) is 0 Å². The van der Waals surface area contributed by atoms with Crippen molar-refractivity contribution in [3.63, 3.8) is 0 Å². The molecule has 0 bridgehead atoms. The molecule has 0 amide bonds. The van der Waals surface area contributed by atoms with Crippen LogP contribution in [0.4, 0.5) is 0 Å². The molecule has 2 aromatic rings. The molecule has 0 unspecified atom stereocenters. The number of nitrogens with zero attached hydrogens (tertiary/aromatic N) is 1. The molecule has 0 spiro atoms. The third-order valence-electron chi connectivity index (χ3n) is 1.98. The summed E-state index contributed by atoms with van der Waals surface area (Å²) in [6.07, 6.45) is 0.430. The van der Waals surface area contributed by atoms with Crippen LogP contribution in [0.25, 0.3) is 10.1 Å². The molecular weight excluding hydrogens is 282 g/mol. The number of halogens is 2. The van der Waals surface area contributed by atoms with Crippen molar-refractivity contribution in [3.8, 4) is 6.07 Å². The fourth-order valence-electron chi connectivity index (χ4n) is 1.34. The lowest BCUT2D eigenvalue weighted by molar-refractivity contribution is 1.30. The number of benzene rings is 1. The summed E-state index contributed by atoms with van der Waals surface area (Å²) in [5, 5.41) is 12.4. The van der Waals surface area contributed by atoms with Gasteiger partial charge < -0.3 is 0 Å². The molecule has 4 heteroatoms. The Morgan fingerprint density at radius 1 is 1.50 bits per heavy atom. The summed E-state index contributed by atoms with van der Waals surface area (Å²) >= 11 is 11.1. The molecule has 1 aromatic heterocycles. The van der Waals surface area contributed by atoms with Crippen molar-refractivity contribution in [2.75, 3.05) is 0 Å². The summed E-state index contributed by atoms with van der Waals surface area (Å²) < 4.78 is 2.05. The Bertz CT molecular complexity index is 527. The Balaban J connectivity index is 2.77. The van der Waals surface area contributed by atoms with E-state index in [4.69, 9.17) is 16.9 Å². The van der Waals surface area contributed by atoms with Crippen LogP contribution in [0.1, 0.15) is 5.56 Å². The van der Waals surface area contributed by atoms with Crippen LogP contribution in [0.15, 0.2) is 22.0 Å². The normalized spacial score (nSPS) is 10.4. The standard InChI is InChI=1S/C10H5BrClNS/c11-10-7(12)1-2-8-9(10)6(3-4-13)5-14-8/h1-2,5H,3H2. The molecule has 1 heterocycles. The molecule has 0 saturated heterocycles. The minimum atomic E-state index is 0.430. The van der Waals surface area contributed by atoms with Crippen LogP contribution in [-0.2, 0) is 6.42 Å². The van der Waals surface area contributed by atoms with Crippen LogP contribution in [0.3, 0.4) is 0 Å². The first kappa shape index (κ1) is 9.97. The predicted molar refractivity (Wildman–Crippen MR) is 63.9 cm³/mol. The second-order valence-electron chi connectivity index (χ2n) is 2.83. The van der Waals surface area contributed by atoms with E-state index in [1.165, 1.54) is 0 Å². The maximum atomic E-state index is 8.66. The van der Waals surface area contributed by atoms with Crippen molar-refractivity contribution in [1.82, 2.24) is 0 Å². The van der Waals surface area contributed by atoms with Gasteiger partial charge in [0, 0.05) is 14.6 Å². The number of hydrogen-bond acceptors (Lipinski definition) is 2. The topological polar surface area (TPSA) is 23.8 Å². The van der Waals surface area contributed by atoms with Gasteiger partial charge in [-0.3, -0.25) is 0 Å². The van der Waals surface area contributed by atoms with Gasteiger partial charge in [0.1, 0.15) is 0 Å². The number of thiophene rings is 1. The summed E-state index contributed by atoms with van der Waals surface area (Å²) in [5.74, 6) is 0. The Morgan fingerprint density at radius 2 is 2.29 bits per heavy atom. The average Bonchev–Trinajstić information content (AvgIpc) is 2.57. The largest absolute Gasteiger partial charge is 0.198 e. The van der Waals surface area contributed by atoms with Crippen LogP contribution >= 0.6 is 38.9 Å². The third-order valence-corrected chi connectivity index (χ3v) is 4.34. The molecule has 2 rings (SSSR count). The van der Waals surface area contributed by atoms with Crippen molar-refractivity contribution in [2.24, 2.45) is 0 Å². The Hall–Kier alpha value is -0.560. The lowest BCUT2D eigenvalue weighted by atomic mass is 10.1. The highest BCUT2D eigenvalue weighted by Gasteiger charge is 2.09. The van der Waals surface area contributed by atoms with Gasteiger partial charge in [-0.05, 0) is 39.0 Å². The molecular formula is C10H5BrClNS. The van der Waals surface area contributed by atoms with Crippen LogP contribution in [0.2, 0.25) is 5.02 Å². The summed E-state index contributed by atoms with van der Waals surface area (Å²) in [6, 6.07) is 5.99. The van der Waals surface area contributed by atoms with Gasteiger partial charge in [-0.25, -0.2) is 0 Å². The van der Waals surface area contributed by atoms with Crippen molar-refractivity contribution in [1.29, 1.82) is 5.26 Å². The molecule has 1 aromatic carbocycles. The second-order valence-corrected chi connectivity index (χ2v) is 4.94. The number of nitriles is 1. The van der Waals surface area contributed by atoms with Gasteiger partial charge in [-0.1, -0.05) is 11.6 Å². The van der Waals surface area contributed by atoms with E-state index in [1.54, 1.807) is 11.3 Å². The van der Waals surface area contributed by atoms with Crippen molar-refractivity contribution >= 4 is 49.0 Å². The fourth-order valence-corrected chi connectivity index (χ4v) is 3.20. The fraction of sp³-hybridized carbons (Fsp3) is 0.100. The Labute approximate surface area is 99.0 Å². The maximum absolute atomic E-state index is 8.66. The van der Waals surface area contributed by atoms with E-state index < -0.39 is 0 Å². The highest BCUT2D eigenvalue weighted by atomic mass is 79.9. The summed E-state index contributed by atoms with van der Waals surface area (Å²) in [5.41, 5.74) is 1.04. The van der Waals surface area contributed by atoms with Gasteiger partial charge >= 0.3 is 0 Å². The number of hydrogen-bond donors (Lipinski definition) is 0.